The lowest BCUT2D eigenvalue weighted by atomic mass is 10.3. The molecule has 1 aromatic carbocycles. The summed E-state index contributed by atoms with van der Waals surface area (Å²) in [7, 11) is 1.60. The molecule has 4 nitrogen and oxygen atoms in total. The van der Waals surface area contributed by atoms with Crippen molar-refractivity contribution >= 4 is 27.5 Å². The summed E-state index contributed by atoms with van der Waals surface area (Å²) in [5.74, 6) is -0.0972. The molecule has 2 aromatic rings. The molecule has 0 aliphatic carbocycles. The first-order valence-corrected chi connectivity index (χ1v) is 5.62. The Morgan fingerprint density at radius 1 is 1.53 bits per heavy atom. The first kappa shape index (κ1) is 13.9. The first-order chi connectivity index (χ1) is 7.61. The normalized spacial score (nSPS) is 10.0. The molecular weight excluding hydrogens is 306 g/mol. The number of ether oxygens (including phenoxy) is 1. The van der Waals surface area contributed by atoms with Crippen molar-refractivity contribution in [2.45, 2.75) is 13.5 Å². The van der Waals surface area contributed by atoms with E-state index < -0.39 is 5.97 Å². The highest BCUT2D eigenvalue weighted by Crippen LogP contribution is 2.24. The second-order valence-electron chi connectivity index (χ2n) is 3.43. The van der Waals surface area contributed by atoms with Crippen molar-refractivity contribution in [2.75, 3.05) is 7.11 Å². The summed E-state index contributed by atoms with van der Waals surface area (Å²) < 4.78 is 7.99. The maximum atomic E-state index is 10.8. The number of carbonyl (C=O) groups is 1. The fourth-order valence-corrected chi connectivity index (χ4v) is 2.64. The van der Waals surface area contributed by atoms with Crippen molar-refractivity contribution in [1.82, 2.24) is 0 Å². The van der Waals surface area contributed by atoms with Gasteiger partial charge in [0.1, 0.15) is 10.4 Å². The second kappa shape index (κ2) is 5.46. The molecule has 17 heavy (non-hydrogen) atoms. The molecule has 6 heteroatoms. The summed E-state index contributed by atoms with van der Waals surface area (Å²) in [6.07, 6.45) is 0. The summed E-state index contributed by atoms with van der Waals surface area (Å²) in [5, 5.41) is 9.83. The first-order valence-electron chi connectivity index (χ1n) is 4.80. The Bertz CT molecular complexity index is 553. The van der Waals surface area contributed by atoms with Crippen LogP contribution in [0.1, 0.15) is 5.01 Å². The van der Waals surface area contributed by atoms with Gasteiger partial charge in [0.25, 0.3) is 0 Å². The molecule has 0 aliphatic rings. The van der Waals surface area contributed by atoms with Gasteiger partial charge >= 0.3 is 5.97 Å². The van der Waals surface area contributed by atoms with Crippen LogP contribution in [0.2, 0.25) is 0 Å². The van der Waals surface area contributed by atoms with E-state index in [-0.39, 0.29) is 23.5 Å². The Hall–Kier alpha value is -1.14. The van der Waals surface area contributed by atoms with E-state index in [9.17, 15) is 4.79 Å². The largest absolute Gasteiger partial charge is 1.00 e. The predicted molar refractivity (Wildman–Crippen MR) is 60.9 cm³/mol. The Labute approximate surface area is 113 Å². The van der Waals surface area contributed by atoms with Gasteiger partial charge in [-0.05, 0) is 12.1 Å². The average Bonchev–Trinajstić information content (AvgIpc) is 2.54. The standard InChI is InChI=1S/C11H11NO3S.BrH/c1-7-12(6-11(13)14)9-5-8(15-2)3-4-10(9)16-7;/h3-5H,6H2,1-2H3;1H. The number of benzene rings is 1. The topological polar surface area (TPSA) is 50.4 Å². The van der Waals surface area contributed by atoms with Crippen LogP contribution >= 0.6 is 11.3 Å². The number of carboxylic acids is 1. The van der Waals surface area contributed by atoms with Crippen molar-refractivity contribution < 1.29 is 36.2 Å². The highest BCUT2D eigenvalue weighted by Gasteiger charge is 2.20. The molecule has 0 amide bonds. The highest BCUT2D eigenvalue weighted by atomic mass is 79.9. The van der Waals surface area contributed by atoms with E-state index in [1.165, 1.54) is 0 Å². The minimum Gasteiger partial charge on any atom is -1.00 e. The van der Waals surface area contributed by atoms with E-state index in [1.807, 2.05) is 25.1 Å². The van der Waals surface area contributed by atoms with E-state index in [1.54, 1.807) is 23.0 Å². The number of thiazole rings is 1. The molecule has 0 saturated carbocycles. The number of aromatic nitrogens is 1. The zero-order chi connectivity index (χ0) is 11.7. The van der Waals surface area contributed by atoms with Gasteiger partial charge in [0, 0.05) is 6.92 Å². The van der Waals surface area contributed by atoms with Crippen LogP contribution in [0.4, 0.5) is 0 Å². The molecule has 0 unspecified atom stereocenters. The van der Waals surface area contributed by atoms with Crippen LogP contribution in [-0.4, -0.2) is 18.2 Å². The molecule has 1 heterocycles. The number of carboxylic acid groups (broad SMARTS) is 1. The average molecular weight is 318 g/mol. The lowest BCUT2D eigenvalue weighted by Crippen LogP contribution is -3.00. The fourth-order valence-electron chi connectivity index (χ4n) is 1.64. The number of halogens is 1. The van der Waals surface area contributed by atoms with Gasteiger partial charge in [-0.2, -0.15) is 4.57 Å². The van der Waals surface area contributed by atoms with E-state index in [4.69, 9.17) is 9.84 Å². The number of aliphatic carboxylic acids is 1. The molecule has 0 atom stereocenters. The van der Waals surface area contributed by atoms with Gasteiger partial charge in [0.15, 0.2) is 0 Å². The van der Waals surface area contributed by atoms with Crippen molar-refractivity contribution in [3.05, 3.63) is 23.2 Å². The molecule has 0 spiro atoms. The molecule has 0 saturated heterocycles. The summed E-state index contributed by atoms with van der Waals surface area (Å²) in [4.78, 5) is 10.8. The number of hydrogen-bond donors (Lipinski definition) is 1. The summed E-state index contributed by atoms with van der Waals surface area (Å²) in [5.41, 5.74) is 0.907. The smallest absolute Gasteiger partial charge is 0.370 e. The van der Waals surface area contributed by atoms with E-state index in [0.29, 0.717) is 0 Å². The number of fused-ring (bicyclic) bond motifs is 1. The lowest BCUT2D eigenvalue weighted by molar-refractivity contribution is -0.661. The molecule has 2 rings (SSSR count). The van der Waals surface area contributed by atoms with Crippen LogP contribution in [0.15, 0.2) is 18.2 Å². The molecule has 0 aliphatic heterocycles. The summed E-state index contributed by atoms with van der Waals surface area (Å²) in [6, 6.07) is 5.69. The van der Waals surface area contributed by atoms with Crippen molar-refractivity contribution in [2.24, 2.45) is 0 Å². The minimum atomic E-state index is -0.837. The second-order valence-corrected chi connectivity index (χ2v) is 4.67. The number of hydrogen-bond acceptors (Lipinski definition) is 3. The molecule has 0 bridgehead atoms. The van der Waals surface area contributed by atoms with Crippen LogP contribution < -0.4 is 26.3 Å². The Morgan fingerprint density at radius 2 is 2.24 bits per heavy atom. The monoisotopic (exact) mass is 317 g/mol. The maximum absolute atomic E-state index is 10.8. The quantitative estimate of drug-likeness (QED) is 0.708. The Kier molecular flexibility index (Phi) is 4.47. The molecule has 0 radical (unpaired) electrons. The number of nitrogens with zero attached hydrogens (tertiary/aromatic N) is 1. The van der Waals surface area contributed by atoms with Gasteiger partial charge in [-0.15, -0.1) is 0 Å². The zero-order valence-electron chi connectivity index (χ0n) is 9.44. The Morgan fingerprint density at radius 3 is 2.82 bits per heavy atom. The third-order valence-corrected chi connectivity index (χ3v) is 3.47. The third-order valence-electron chi connectivity index (χ3n) is 2.39. The summed E-state index contributed by atoms with van der Waals surface area (Å²) in [6.45, 7) is 1.90. The van der Waals surface area contributed by atoms with Gasteiger partial charge < -0.3 is 26.8 Å². The summed E-state index contributed by atoms with van der Waals surface area (Å²) >= 11 is 1.58. The van der Waals surface area contributed by atoms with Gasteiger partial charge in [-0.3, -0.25) is 0 Å². The van der Waals surface area contributed by atoms with Crippen molar-refractivity contribution in [1.29, 1.82) is 0 Å². The molecule has 1 aromatic heterocycles. The Balaban J connectivity index is 0.00000144. The molecule has 1 N–H and O–H groups in total. The number of rotatable bonds is 3. The SMILES string of the molecule is COc1ccc2sc(C)[n+](CC(=O)O)c2c1.[Br-]. The van der Waals surface area contributed by atoms with Gasteiger partial charge in [0.05, 0.1) is 13.2 Å². The van der Waals surface area contributed by atoms with Crippen LogP contribution in [-0.2, 0) is 11.3 Å². The van der Waals surface area contributed by atoms with Gasteiger partial charge in [0.2, 0.25) is 17.1 Å². The van der Waals surface area contributed by atoms with Crippen LogP contribution in [0.5, 0.6) is 5.75 Å². The predicted octanol–water partition coefficient (Wildman–Crippen LogP) is -1.41. The minimum absolute atomic E-state index is 0. The molecule has 0 fully saturated rings. The van der Waals surface area contributed by atoms with Crippen LogP contribution in [0.25, 0.3) is 10.2 Å². The van der Waals surface area contributed by atoms with E-state index in [0.717, 1.165) is 21.0 Å². The molecule has 92 valence electrons. The maximum Gasteiger partial charge on any atom is 0.370 e. The van der Waals surface area contributed by atoms with Crippen LogP contribution in [0, 0.1) is 6.92 Å². The third kappa shape index (κ3) is 2.76. The number of aryl methyl sites for hydroxylation is 1. The lowest BCUT2D eigenvalue weighted by Gasteiger charge is -1.97. The van der Waals surface area contributed by atoms with Crippen molar-refractivity contribution in [3.8, 4) is 5.75 Å². The van der Waals surface area contributed by atoms with Gasteiger partial charge in [-0.25, -0.2) is 4.79 Å². The number of methoxy groups -OCH3 is 1. The van der Waals surface area contributed by atoms with E-state index in [2.05, 4.69) is 0 Å². The van der Waals surface area contributed by atoms with E-state index >= 15 is 0 Å². The fraction of sp³-hybridized carbons (Fsp3) is 0.273. The van der Waals surface area contributed by atoms with Crippen LogP contribution in [0.3, 0.4) is 0 Å². The highest BCUT2D eigenvalue weighted by molar-refractivity contribution is 7.18. The zero-order valence-corrected chi connectivity index (χ0v) is 11.8. The molecular formula is C11H12BrNO3S. The van der Waals surface area contributed by atoms with Crippen molar-refractivity contribution in [3.63, 3.8) is 0 Å². The van der Waals surface area contributed by atoms with Gasteiger partial charge in [-0.1, -0.05) is 11.3 Å².